The predicted octanol–water partition coefficient (Wildman–Crippen LogP) is -0.900. The third-order valence-corrected chi connectivity index (χ3v) is 3.43. The summed E-state index contributed by atoms with van der Waals surface area (Å²) in [5.41, 5.74) is 1.02. The van der Waals surface area contributed by atoms with Gasteiger partial charge in [0.2, 0.25) is 0 Å². The molecule has 9 heteroatoms. The second-order valence-electron chi connectivity index (χ2n) is 4.33. The number of H-pyrrole nitrogens is 1. The fourth-order valence-corrected chi connectivity index (χ4v) is 2.30. The molecule has 0 unspecified atom stereocenters. The zero-order valence-corrected chi connectivity index (χ0v) is 10.5. The van der Waals surface area contributed by atoms with Gasteiger partial charge in [-0.3, -0.25) is 4.57 Å². The van der Waals surface area contributed by atoms with Gasteiger partial charge in [0.25, 0.3) is 0 Å². The van der Waals surface area contributed by atoms with Gasteiger partial charge >= 0.3 is 0 Å². The van der Waals surface area contributed by atoms with E-state index >= 15 is 0 Å². The number of aliphatic hydroxyl groups is 3. The first-order valence-electron chi connectivity index (χ1n) is 5.65. The number of hydrogen-bond acceptors (Lipinski definition) is 7. The van der Waals surface area contributed by atoms with Crippen molar-refractivity contribution in [2.45, 2.75) is 24.5 Å². The van der Waals surface area contributed by atoms with Gasteiger partial charge in [-0.15, -0.1) is 0 Å². The van der Waals surface area contributed by atoms with Gasteiger partial charge in [-0.2, -0.15) is 0 Å². The summed E-state index contributed by atoms with van der Waals surface area (Å²) in [6, 6.07) is 0. The van der Waals surface area contributed by atoms with Crippen LogP contribution in [0.15, 0.2) is 12.7 Å². The van der Waals surface area contributed by atoms with Crippen LogP contribution in [0.4, 0.5) is 0 Å². The molecule has 4 N–H and O–H groups in total. The summed E-state index contributed by atoms with van der Waals surface area (Å²) in [7, 11) is 0. The summed E-state index contributed by atoms with van der Waals surface area (Å²) in [4.78, 5) is 10.9. The Balaban J connectivity index is 2.05. The van der Waals surface area contributed by atoms with E-state index in [1.807, 2.05) is 0 Å². The Morgan fingerprint density at radius 2 is 2.11 bits per heavy atom. The molecule has 2 aromatic rings. The molecule has 102 valence electrons. The number of aromatic nitrogens is 4. The lowest BCUT2D eigenvalue weighted by atomic mass is 10.0. The molecular weight excluding hydrogens is 272 g/mol. The average molecular weight is 284 g/mol. The van der Waals surface area contributed by atoms with Gasteiger partial charge in [0, 0.05) is 0 Å². The van der Waals surface area contributed by atoms with Crippen LogP contribution < -0.4 is 0 Å². The van der Waals surface area contributed by atoms with E-state index in [0.717, 1.165) is 0 Å². The number of nitrogens with one attached hydrogen (secondary N) is 1. The van der Waals surface area contributed by atoms with Crippen LogP contribution in [0.3, 0.4) is 0 Å². The predicted molar refractivity (Wildman–Crippen MR) is 65.7 cm³/mol. The molecule has 0 saturated carbocycles. The van der Waals surface area contributed by atoms with Crippen molar-refractivity contribution in [2.75, 3.05) is 6.61 Å². The van der Waals surface area contributed by atoms with Crippen LogP contribution in [-0.2, 0) is 4.74 Å². The topological polar surface area (TPSA) is 116 Å². The fraction of sp³-hybridized carbons (Fsp3) is 0.500. The second-order valence-corrected chi connectivity index (χ2v) is 4.72. The standard InChI is InChI=1S/C10H12N4O4S/c15-4-1-18-10(7(17)6(4)16)14-3-13-5-8(14)11-2-12-9(5)19/h2-4,6-7,10,15-17H,1H2,(H,11,12,19)/t4-,6-,7+,10+/m1/s1. The van der Waals surface area contributed by atoms with Gasteiger partial charge in [0.15, 0.2) is 10.9 Å². The molecule has 19 heavy (non-hydrogen) atoms. The van der Waals surface area contributed by atoms with Crippen LogP contribution in [0.5, 0.6) is 0 Å². The van der Waals surface area contributed by atoms with E-state index in [1.165, 1.54) is 17.2 Å². The van der Waals surface area contributed by atoms with Crippen LogP contribution in [0.2, 0.25) is 0 Å². The van der Waals surface area contributed by atoms with Crippen LogP contribution in [-0.4, -0.2) is 59.8 Å². The van der Waals surface area contributed by atoms with Crippen molar-refractivity contribution < 1.29 is 20.1 Å². The zero-order valence-electron chi connectivity index (χ0n) is 9.67. The van der Waals surface area contributed by atoms with E-state index in [4.69, 9.17) is 17.0 Å². The minimum absolute atomic E-state index is 0.0750. The van der Waals surface area contributed by atoms with Gasteiger partial charge in [0.05, 0.1) is 19.3 Å². The summed E-state index contributed by atoms with van der Waals surface area (Å²) >= 11 is 5.04. The molecule has 4 atom stereocenters. The van der Waals surface area contributed by atoms with Crippen molar-refractivity contribution in [3.05, 3.63) is 17.3 Å². The lowest BCUT2D eigenvalue weighted by molar-refractivity contribution is -0.210. The lowest BCUT2D eigenvalue weighted by Crippen LogP contribution is -2.50. The first-order chi connectivity index (χ1) is 9.09. The molecular formula is C10H12N4O4S. The summed E-state index contributed by atoms with van der Waals surface area (Å²) in [5.74, 6) is 0. The van der Waals surface area contributed by atoms with Crippen molar-refractivity contribution >= 4 is 23.4 Å². The highest BCUT2D eigenvalue weighted by Gasteiger charge is 2.39. The minimum Gasteiger partial charge on any atom is -0.388 e. The second kappa shape index (κ2) is 4.62. The SMILES string of the molecule is O[C@H]1[C@H](O)[C@@H](n2cnc3c(=S)nc[nH]c32)OC[C@H]1O. The quantitative estimate of drug-likeness (QED) is 0.501. The van der Waals surface area contributed by atoms with Crippen molar-refractivity contribution in [1.82, 2.24) is 19.5 Å². The molecule has 1 aliphatic heterocycles. The van der Waals surface area contributed by atoms with Gasteiger partial charge in [-0.05, 0) is 0 Å². The molecule has 0 amide bonds. The Bertz CT molecular complexity index is 656. The minimum atomic E-state index is -1.28. The summed E-state index contributed by atoms with van der Waals surface area (Å²) < 4.78 is 7.21. The molecule has 0 radical (unpaired) electrons. The highest BCUT2D eigenvalue weighted by Crippen LogP contribution is 2.26. The third-order valence-electron chi connectivity index (χ3n) is 3.13. The van der Waals surface area contributed by atoms with Gasteiger partial charge in [-0.1, -0.05) is 12.2 Å². The number of fused-ring (bicyclic) bond motifs is 1. The van der Waals surface area contributed by atoms with E-state index in [-0.39, 0.29) is 6.61 Å². The maximum atomic E-state index is 9.97. The molecule has 3 rings (SSSR count). The summed E-state index contributed by atoms with van der Waals surface area (Å²) in [6.07, 6.45) is -1.64. The molecule has 8 nitrogen and oxygen atoms in total. The normalized spacial score (nSPS) is 31.7. The maximum Gasteiger partial charge on any atom is 0.165 e. The van der Waals surface area contributed by atoms with E-state index in [1.54, 1.807) is 0 Å². The summed E-state index contributed by atoms with van der Waals surface area (Å²) in [5, 5.41) is 29.1. The largest absolute Gasteiger partial charge is 0.388 e. The maximum absolute atomic E-state index is 9.97. The van der Waals surface area contributed by atoms with E-state index < -0.39 is 24.5 Å². The van der Waals surface area contributed by atoms with Crippen LogP contribution >= 0.6 is 12.2 Å². The van der Waals surface area contributed by atoms with Gasteiger partial charge < -0.3 is 25.0 Å². The van der Waals surface area contributed by atoms with Crippen LogP contribution in [0.25, 0.3) is 11.2 Å². The van der Waals surface area contributed by atoms with Gasteiger partial charge in [-0.25, -0.2) is 9.97 Å². The van der Waals surface area contributed by atoms with Crippen LogP contribution in [0, 0.1) is 4.64 Å². The zero-order chi connectivity index (χ0) is 13.6. The molecule has 1 fully saturated rings. The molecule has 0 bridgehead atoms. The first kappa shape index (κ1) is 12.6. The van der Waals surface area contributed by atoms with Crippen molar-refractivity contribution in [3.63, 3.8) is 0 Å². The Hall–Kier alpha value is -1.39. The van der Waals surface area contributed by atoms with Crippen molar-refractivity contribution in [2.24, 2.45) is 0 Å². The average Bonchev–Trinajstić information content (AvgIpc) is 2.82. The van der Waals surface area contributed by atoms with Crippen molar-refractivity contribution in [3.8, 4) is 0 Å². The summed E-state index contributed by atoms with van der Waals surface area (Å²) in [6.45, 7) is -0.0750. The Morgan fingerprint density at radius 3 is 2.89 bits per heavy atom. The van der Waals surface area contributed by atoms with Crippen LogP contribution in [0.1, 0.15) is 6.23 Å². The van der Waals surface area contributed by atoms with Crippen molar-refractivity contribution in [1.29, 1.82) is 0 Å². The monoisotopic (exact) mass is 284 g/mol. The highest BCUT2D eigenvalue weighted by atomic mass is 32.1. The van der Waals surface area contributed by atoms with Gasteiger partial charge in [0.1, 0.15) is 29.5 Å². The molecule has 2 aromatic heterocycles. The molecule has 0 aromatic carbocycles. The number of imidazole rings is 1. The molecule has 0 spiro atoms. The first-order valence-corrected chi connectivity index (χ1v) is 6.06. The van der Waals surface area contributed by atoms with E-state index in [9.17, 15) is 15.3 Å². The molecule has 1 aliphatic rings. The third kappa shape index (κ3) is 1.95. The molecule has 1 saturated heterocycles. The number of hydrogen-bond donors (Lipinski definition) is 4. The Labute approximate surface area is 112 Å². The number of rotatable bonds is 1. The smallest absolute Gasteiger partial charge is 0.165 e. The Kier molecular flexibility index (Phi) is 3.07. The molecule has 0 aliphatic carbocycles. The Morgan fingerprint density at radius 1 is 1.32 bits per heavy atom. The fourth-order valence-electron chi connectivity index (χ4n) is 2.10. The number of nitrogens with zero attached hydrogens (tertiary/aromatic N) is 3. The van der Waals surface area contributed by atoms with E-state index in [2.05, 4.69) is 15.0 Å². The lowest BCUT2D eigenvalue weighted by Gasteiger charge is -2.35. The number of ether oxygens (including phenoxy) is 1. The highest BCUT2D eigenvalue weighted by molar-refractivity contribution is 7.71. The van der Waals surface area contributed by atoms with E-state index in [0.29, 0.717) is 15.8 Å². The number of aromatic amines is 1. The number of aliphatic hydroxyl groups excluding tert-OH is 3. The molecule has 3 heterocycles.